The van der Waals surface area contributed by atoms with Gasteiger partial charge in [0, 0.05) is 5.56 Å². The number of hydrogen-bond donors (Lipinski definition) is 0. The second-order valence-electron chi connectivity index (χ2n) is 2.53. The molecule has 12 heavy (non-hydrogen) atoms. The highest BCUT2D eigenvalue weighted by molar-refractivity contribution is 7.78. The highest BCUT2D eigenvalue weighted by Crippen LogP contribution is 2.20. The lowest BCUT2D eigenvalue weighted by atomic mass is 10.2. The van der Waals surface area contributed by atoms with E-state index in [4.69, 9.17) is 17.4 Å². The second kappa shape index (κ2) is 3.11. The van der Waals surface area contributed by atoms with Crippen LogP contribution >= 0.6 is 0 Å². The Morgan fingerprint density at radius 1 is 1.33 bits per heavy atom. The summed E-state index contributed by atoms with van der Waals surface area (Å²) in [6, 6.07) is 7.73. The third-order valence-corrected chi connectivity index (χ3v) is 2.07. The fraction of sp³-hybridized carbons (Fsp3) is 0.222. The van der Waals surface area contributed by atoms with E-state index in [1.54, 1.807) is 0 Å². The molecule has 1 aliphatic heterocycles. The molecule has 0 amide bonds. The predicted molar refractivity (Wildman–Crippen MR) is 50.7 cm³/mol. The topological polar surface area (TPSA) is 21.6 Å². The third kappa shape index (κ3) is 1.28. The van der Waals surface area contributed by atoms with Crippen LogP contribution in [0.3, 0.4) is 0 Å². The van der Waals surface area contributed by atoms with E-state index >= 15 is 0 Å². The van der Waals surface area contributed by atoms with E-state index in [-0.39, 0.29) is 0 Å². The molecule has 62 valence electrons. The summed E-state index contributed by atoms with van der Waals surface area (Å²) in [4.78, 5) is 4.17. The van der Waals surface area contributed by atoms with Crippen LogP contribution in [0.25, 0.3) is 0 Å². The summed E-state index contributed by atoms with van der Waals surface area (Å²) in [7, 11) is 0. The maximum absolute atomic E-state index is 5.44. The molecule has 0 fully saturated rings. The zero-order chi connectivity index (χ0) is 8.39. The van der Waals surface area contributed by atoms with Crippen molar-refractivity contribution >= 4 is 17.7 Å². The smallest absolute Gasteiger partial charge is 0.126 e. The Hall–Kier alpha value is -1.09. The number of aliphatic imine (C=N–C) groups is 1. The summed E-state index contributed by atoms with van der Waals surface area (Å²) in [6.07, 6.45) is 0. The van der Waals surface area contributed by atoms with Crippen molar-refractivity contribution in [2.45, 2.75) is 0 Å². The molecular formula is C9H8NOS-. The molecule has 0 aromatic heterocycles. The van der Waals surface area contributed by atoms with Gasteiger partial charge in [-0.2, -0.15) is 0 Å². The van der Waals surface area contributed by atoms with E-state index in [9.17, 15) is 0 Å². The summed E-state index contributed by atoms with van der Waals surface area (Å²) in [6.45, 7) is 1.28. The normalized spacial score (nSPS) is 15.5. The number of nitrogens with zero attached hydrogens (tertiary/aromatic N) is 1. The molecule has 1 aromatic rings. The summed E-state index contributed by atoms with van der Waals surface area (Å²) in [5.74, 6) is 0.851. The van der Waals surface area contributed by atoms with Gasteiger partial charge in [-0.15, -0.1) is 0 Å². The quantitative estimate of drug-likeness (QED) is 0.560. The molecule has 3 heteroatoms. The molecule has 0 bridgehead atoms. The average Bonchev–Trinajstić information content (AvgIpc) is 2.29. The van der Waals surface area contributed by atoms with Gasteiger partial charge in [0.25, 0.3) is 0 Å². The van der Waals surface area contributed by atoms with Crippen LogP contribution in [0.4, 0.5) is 0 Å². The van der Waals surface area contributed by atoms with Crippen LogP contribution in [-0.4, -0.2) is 18.2 Å². The van der Waals surface area contributed by atoms with Crippen LogP contribution in [-0.2, 0) is 12.6 Å². The molecule has 0 atom stereocenters. The monoisotopic (exact) mass is 178 g/mol. The predicted octanol–water partition coefficient (Wildman–Crippen LogP) is 1.37. The zero-order valence-electron chi connectivity index (χ0n) is 6.49. The van der Waals surface area contributed by atoms with Gasteiger partial charge >= 0.3 is 0 Å². The highest BCUT2D eigenvalue weighted by Gasteiger charge is 2.03. The highest BCUT2D eigenvalue weighted by atomic mass is 32.1. The zero-order valence-corrected chi connectivity index (χ0v) is 7.30. The first-order valence-corrected chi connectivity index (χ1v) is 4.22. The van der Waals surface area contributed by atoms with Crippen LogP contribution in [0.5, 0.6) is 5.75 Å². The van der Waals surface area contributed by atoms with E-state index in [0.717, 1.165) is 11.3 Å². The Morgan fingerprint density at radius 2 is 2.17 bits per heavy atom. The number of para-hydroxylation sites is 1. The van der Waals surface area contributed by atoms with Crippen molar-refractivity contribution in [1.82, 2.24) is 0 Å². The minimum absolute atomic E-state index is 0.622. The summed E-state index contributed by atoms with van der Waals surface area (Å²) in [5, 5.41) is 0.656. The molecule has 0 saturated carbocycles. The number of rotatable bonds is 0. The Bertz CT molecular complexity index is 322. The van der Waals surface area contributed by atoms with Crippen molar-refractivity contribution in [1.29, 1.82) is 0 Å². The molecule has 1 aromatic carbocycles. The number of ether oxygens (including phenoxy) is 1. The summed E-state index contributed by atoms with van der Waals surface area (Å²) >= 11 is 5.10. The van der Waals surface area contributed by atoms with E-state index in [1.807, 2.05) is 24.3 Å². The molecule has 0 saturated heterocycles. The van der Waals surface area contributed by atoms with Crippen molar-refractivity contribution in [3.8, 4) is 5.75 Å². The van der Waals surface area contributed by atoms with Crippen LogP contribution in [0.15, 0.2) is 29.3 Å². The van der Waals surface area contributed by atoms with Gasteiger partial charge in [0.2, 0.25) is 0 Å². The largest absolute Gasteiger partial charge is 0.760 e. The van der Waals surface area contributed by atoms with Crippen molar-refractivity contribution in [2.75, 3.05) is 13.2 Å². The van der Waals surface area contributed by atoms with Gasteiger partial charge in [0.05, 0.1) is 6.54 Å². The molecule has 0 unspecified atom stereocenters. The van der Waals surface area contributed by atoms with Gasteiger partial charge in [-0.3, -0.25) is 0 Å². The molecule has 2 rings (SSSR count). The van der Waals surface area contributed by atoms with Crippen molar-refractivity contribution < 1.29 is 4.74 Å². The number of benzene rings is 1. The van der Waals surface area contributed by atoms with Crippen LogP contribution in [0, 0.1) is 0 Å². The maximum atomic E-state index is 5.44. The molecule has 1 heterocycles. The van der Waals surface area contributed by atoms with Crippen molar-refractivity contribution in [3.63, 3.8) is 0 Å². The lowest BCUT2D eigenvalue weighted by molar-refractivity contribution is 0.331. The van der Waals surface area contributed by atoms with Crippen molar-refractivity contribution in [3.05, 3.63) is 29.8 Å². The van der Waals surface area contributed by atoms with Gasteiger partial charge in [0.1, 0.15) is 12.4 Å². The van der Waals surface area contributed by atoms with Gasteiger partial charge < -0.3 is 22.4 Å². The van der Waals surface area contributed by atoms with E-state index in [0.29, 0.717) is 18.2 Å². The summed E-state index contributed by atoms with van der Waals surface area (Å²) in [5.41, 5.74) is 0.935. The standard InChI is InChI=1S/C9H9NOS/c12-9-7-3-1-2-4-8(7)11-6-5-10-9/h1-4H,5-6H2,(H,10,12)/p-1. The maximum Gasteiger partial charge on any atom is 0.126 e. The Kier molecular flexibility index (Phi) is 1.96. The average molecular weight is 178 g/mol. The Labute approximate surface area is 76.7 Å². The molecule has 2 nitrogen and oxygen atoms in total. The molecular weight excluding hydrogens is 170 g/mol. The van der Waals surface area contributed by atoms with Crippen molar-refractivity contribution in [2.24, 2.45) is 4.99 Å². The minimum atomic E-state index is 0.622. The minimum Gasteiger partial charge on any atom is -0.760 e. The lowest BCUT2D eigenvalue weighted by Crippen LogP contribution is -1.98. The van der Waals surface area contributed by atoms with Crippen LogP contribution in [0.1, 0.15) is 5.56 Å². The third-order valence-electron chi connectivity index (χ3n) is 1.72. The van der Waals surface area contributed by atoms with Gasteiger partial charge in [-0.1, -0.05) is 23.2 Å². The SMILES string of the molecule is [S-]C1=NCCOc2ccccc21. The summed E-state index contributed by atoms with van der Waals surface area (Å²) < 4.78 is 5.44. The fourth-order valence-corrected chi connectivity index (χ4v) is 1.42. The van der Waals surface area contributed by atoms with Gasteiger partial charge in [-0.05, 0) is 6.07 Å². The first-order chi connectivity index (χ1) is 5.88. The van der Waals surface area contributed by atoms with Gasteiger partial charge in [-0.25, -0.2) is 0 Å². The molecule has 1 aliphatic rings. The molecule has 0 radical (unpaired) electrons. The Morgan fingerprint density at radius 3 is 3.08 bits per heavy atom. The molecule has 0 aliphatic carbocycles. The molecule has 0 spiro atoms. The second-order valence-corrected chi connectivity index (χ2v) is 2.92. The van der Waals surface area contributed by atoms with Crippen LogP contribution < -0.4 is 4.74 Å². The first kappa shape index (κ1) is 7.55. The molecule has 0 N–H and O–H groups in total. The van der Waals surface area contributed by atoms with E-state index in [1.165, 1.54) is 0 Å². The van der Waals surface area contributed by atoms with E-state index in [2.05, 4.69) is 4.99 Å². The number of hydrogen-bond acceptors (Lipinski definition) is 3. The number of fused-ring (bicyclic) bond motifs is 1. The fourth-order valence-electron chi connectivity index (χ4n) is 1.16. The first-order valence-electron chi connectivity index (χ1n) is 3.81. The lowest BCUT2D eigenvalue weighted by Gasteiger charge is -2.11. The van der Waals surface area contributed by atoms with Crippen LogP contribution in [0.2, 0.25) is 0 Å². The van der Waals surface area contributed by atoms with Gasteiger partial charge in [0.15, 0.2) is 0 Å². The van der Waals surface area contributed by atoms with E-state index < -0.39 is 0 Å². The Balaban J connectivity index is 2.51.